The molecule has 14 heteroatoms. The molecule has 0 saturated heterocycles. The van der Waals surface area contributed by atoms with E-state index in [1.165, 1.54) is 30.5 Å². The lowest BCUT2D eigenvalue weighted by molar-refractivity contribution is -0.274. The molecule has 2 aromatic heterocycles. The monoisotopic (exact) mass is 624 g/mol. The number of carbonyl (C=O) groups excluding carboxylic acids is 1. The van der Waals surface area contributed by atoms with E-state index >= 15 is 0 Å². The number of amides is 1. The minimum atomic E-state index is -4.95. The van der Waals surface area contributed by atoms with E-state index in [1.54, 1.807) is 0 Å². The summed E-state index contributed by atoms with van der Waals surface area (Å²) in [5.41, 5.74) is 0.128. The highest BCUT2D eigenvalue weighted by Crippen LogP contribution is 2.37. The highest BCUT2D eigenvalue weighted by Gasteiger charge is 2.39. The van der Waals surface area contributed by atoms with E-state index in [1.807, 2.05) is 0 Å². The first kappa shape index (κ1) is 31.0. The maximum absolute atomic E-state index is 14.3. The highest BCUT2D eigenvalue weighted by atomic mass is 19.4. The summed E-state index contributed by atoms with van der Waals surface area (Å²) in [5, 5.41) is 6.29. The van der Waals surface area contributed by atoms with Crippen molar-refractivity contribution >= 4 is 5.91 Å². The van der Waals surface area contributed by atoms with Crippen LogP contribution >= 0.6 is 0 Å². The summed E-state index contributed by atoms with van der Waals surface area (Å²) in [4.78, 5) is 17.4. The molecule has 232 valence electrons. The van der Waals surface area contributed by atoms with Crippen molar-refractivity contribution in [2.45, 2.75) is 50.7 Å². The van der Waals surface area contributed by atoms with Crippen molar-refractivity contribution in [1.82, 2.24) is 20.1 Å². The Morgan fingerprint density at radius 3 is 2.39 bits per heavy atom. The number of hydrogen-bond donors (Lipinski definition) is 1. The Morgan fingerprint density at radius 2 is 1.68 bits per heavy atom. The number of aromatic nitrogens is 3. The summed E-state index contributed by atoms with van der Waals surface area (Å²) < 4.78 is 113. The van der Waals surface area contributed by atoms with Gasteiger partial charge in [-0.2, -0.15) is 18.3 Å². The number of benzene rings is 2. The van der Waals surface area contributed by atoms with Crippen LogP contribution in [-0.2, 0) is 30.4 Å². The van der Waals surface area contributed by atoms with Gasteiger partial charge in [-0.15, -0.1) is 13.2 Å². The largest absolute Gasteiger partial charge is 0.573 e. The molecule has 0 spiro atoms. The molecular weight excluding hydrogens is 600 g/mol. The first-order chi connectivity index (χ1) is 20.8. The van der Waals surface area contributed by atoms with Gasteiger partial charge in [0.05, 0.1) is 5.69 Å². The molecule has 4 aromatic rings. The van der Waals surface area contributed by atoms with Gasteiger partial charge >= 0.3 is 12.5 Å². The second-order valence-electron chi connectivity index (χ2n) is 10.2. The molecule has 1 amide bonds. The fraction of sp³-hybridized carbons (Fsp3) is 0.300. The molecule has 1 atom stereocenters. The molecule has 1 aliphatic rings. The number of hydrogen-bond acceptors (Lipinski definition) is 4. The molecule has 0 radical (unpaired) electrons. The Morgan fingerprint density at radius 1 is 0.955 bits per heavy atom. The molecule has 0 bridgehead atoms. The van der Waals surface area contributed by atoms with Gasteiger partial charge < -0.3 is 10.1 Å². The SMILES string of the molecule is O=C(Cn1nc(C(F)(F)F)c2c1CCCC2)NCC(c1cc(F)cc(F)c1)c1ncccc1-c1cccc(OC(F)(F)F)c1. The summed E-state index contributed by atoms with van der Waals surface area (Å²) in [5.74, 6) is -4.08. The van der Waals surface area contributed by atoms with E-state index in [2.05, 4.69) is 20.1 Å². The van der Waals surface area contributed by atoms with Crippen LogP contribution in [0, 0.1) is 11.6 Å². The maximum atomic E-state index is 14.3. The Bertz CT molecular complexity index is 1650. The van der Waals surface area contributed by atoms with Gasteiger partial charge in [0.1, 0.15) is 23.9 Å². The zero-order chi connectivity index (χ0) is 31.6. The standard InChI is InChI=1S/C30H24F8N4O2/c31-19-11-18(12-20(32)14-19)24(27-22(8-4-10-39-27)17-5-3-6-21(13-17)44-30(36,37)38)15-40-26(43)16-42-25-9-2-1-7-23(25)28(41-42)29(33,34)35/h3-6,8,10-14,24H,1-2,7,9,15-16H2,(H,40,43). The average molecular weight is 625 g/mol. The molecule has 0 aliphatic heterocycles. The van der Waals surface area contributed by atoms with Crippen molar-refractivity contribution in [3.8, 4) is 16.9 Å². The molecule has 1 N–H and O–H groups in total. The normalized spacial score (nSPS) is 14.2. The number of ether oxygens (including phenoxy) is 1. The molecule has 2 aromatic carbocycles. The van der Waals surface area contributed by atoms with Crippen molar-refractivity contribution in [3.63, 3.8) is 0 Å². The predicted octanol–water partition coefficient (Wildman–Crippen LogP) is 6.97. The van der Waals surface area contributed by atoms with Crippen LogP contribution in [0.2, 0.25) is 0 Å². The highest BCUT2D eigenvalue weighted by molar-refractivity contribution is 5.76. The molecule has 6 nitrogen and oxygen atoms in total. The van der Waals surface area contributed by atoms with E-state index in [-0.39, 0.29) is 35.3 Å². The number of rotatable bonds is 8. The van der Waals surface area contributed by atoms with Crippen molar-refractivity contribution in [2.24, 2.45) is 0 Å². The van der Waals surface area contributed by atoms with Gasteiger partial charge in [0.2, 0.25) is 5.91 Å². The van der Waals surface area contributed by atoms with Crippen molar-refractivity contribution in [1.29, 1.82) is 0 Å². The number of carbonyl (C=O) groups is 1. The lowest BCUT2D eigenvalue weighted by Gasteiger charge is -2.22. The van der Waals surface area contributed by atoms with Gasteiger partial charge in [-0.05, 0) is 67.1 Å². The summed E-state index contributed by atoms with van der Waals surface area (Å²) in [6.07, 6.45) is -6.54. The van der Waals surface area contributed by atoms with Crippen molar-refractivity contribution < 1.29 is 44.7 Å². The van der Waals surface area contributed by atoms with Crippen LogP contribution in [0.4, 0.5) is 35.1 Å². The fourth-order valence-electron chi connectivity index (χ4n) is 5.39. The van der Waals surface area contributed by atoms with Gasteiger partial charge in [-0.1, -0.05) is 18.2 Å². The lowest BCUT2D eigenvalue weighted by atomic mass is 9.89. The molecular formula is C30H24F8N4O2. The molecule has 1 aliphatic carbocycles. The molecule has 1 unspecified atom stereocenters. The number of alkyl halides is 6. The van der Waals surface area contributed by atoms with Gasteiger partial charge in [0.15, 0.2) is 5.69 Å². The summed E-state index contributed by atoms with van der Waals surface area (Å²) >= 11 is 0. The quantitative estimate of drug-likeness (QED) is 0.215. The van der Waals surface area contributed by atoms with Crippen LogP contribution in [0.15, 0.2) is 60.8 Å². The van der Waals surface area contributed by atoms with E-state index in [4.69, 9.17) is 0 Å². The number of pyridine rings is 1. The van der Waals surface area contributed by atoms with Crippen LogP contribution in [0.1, 0.15) is 47.0 Å². The maximum Gasteiger partial charge on any atom is 0.573 e. The Balaban J connectivity index is 1.46. The number of nitrogens with one attached hydrogen (secondary N) is 1. The molecule has 5 rings (SSSR count). The second-order valence-corrected chi connectivity index (χ2v) is 10.2. The van der Waals surface area contributed by atoms with Crippen LogP contribution < -0.4 is 10.1 Å². The van der Waals surface area contributed by atoms with Gasteiger partial charge in [-0.3, -0.25) is 14.5 Å². The molecule has 0 saturated carbocycles. The van der Waals surface area contributed by atoms with E-state index in [0.29, 0.717) is 36.6 Å². The van der Waals surface area contributed by atoms with E-state index in [9.17, 15) is 39.9 Å². The van der Waals surface area contributed by atoms with Crippen molar-refractivity contribution in [3.05, 3.63) is 101 Å². The smallest absolute Gasteiger partial charge is 0.406 e. The zero-order valence-electron chi connectivity index (χ0n) is 22.8. The molecule has 44 heavy (non-hydrogen) atoms. The third kappa shape index (κ3) is 7.17. The summed E-state index contributed by atoms with van der Waals surface area (Å²) in [6.45, 7) is -0.839. The van der Waals surface area contributed by atoms with Crippen LogP contribution in [0.3, 0.4) is 0 Å². The van der Waals surface area contributed by atoms with Crippen LogP contribution in [0.25, 0.3) is 11.1 Å². The third-order valence-corrected chi connectivity index (χ3v) is 7.16. The lowest BCUT2D eigenvalue weighted by Crippen LogP contribution is -2.33. The van der Waals surface area contributed by atoms with E-state index in [0.717, 1.165) is 28.9 Å². The summed E-state index contributed by atoms with van der Waals surface area (Å²) in [7, 11) is 0. The van der Waals surface area contributed by atoms with Crippen LogP contribution in [0.5, 0.6) is 5.75 Å². The topological polar surface area (TPSA) is 69.0 Å². The third-order valence-electron chi connectivity index (χ3n) is 7.16. The zero-order valence-corrected chi connectivity index (χ0v) is 22.8. The van der Waals surface area contributed by atoms with Crippen LogP contribution in [-0.4, -0.2) is 33.6 Å². The predicted molar refractivity (Wildman–Crippen MR) is 141 cm³/mol. The summed E-state index contributed by atoms with van der Waals surface area (Å²) in [6, 6.07) is 10.8. The molecule has 2 heterocycles. The minimum absolute atomic E-state index is 0.0567. The number of fused-ring (bicyclic) bond motifs is 1. The second kappa shape index (κ2) is 12.2. The number of halogens is 8. The Kier molecular flexibility index (Phi) is 8.62. The fourth-order valence-corrected chi connectivity index (χ4v) is 5.39. The van der Waals surface area contributed by atoms with Gasteiger partial charge in [0.25, 0.3) is 0 Å². The minimum Gasteiger partial charge on any atom is -0.406 e. The Hall–Kier alpha value is -4.49. The average Bonchev–Trinajstić information content (AvgIpc) is 3.31. The van der Waals surface area contributed by atoms with Gasteiger partial charge in [0, 0.05) is 41.5 Å². The van der Waals surface area contributed by atoms with Crippen molar-refractivity contribution in [2.75, 3.05) is 6.54 Å². The first-order valence-corrected chi connectivity index (χ1v) is 13.5. The van der Waals surface area contributed by atoms with E-state index < -0.39 is 54.0 Å². The first-order valence-electron chi connectivity index (χ1n) is 13.5. The Labute approximate surface area is 245 Å². The molecule has 0 fully saturated rings. The number of nitrogens with zero attached hydrogens (tertiary/aromatic N) is 3. The van der Waals surface area contributed by atoms with Gasteiger partial charge in [-0.25, -0.2) is 8.78 Å².